The third-order valence-corrected chi connectivity index (χ3v) is 16.2. The molecule has 0 spiro atoms. The van der Waals surface area contributed by atoms with Crippen LogP contribution >= 0.6 is 22.9 Å². The Morgan fingerprint density at radius 1 is 0.447 bits per heavy atom. The van der Waals surface area contributed by atoms with E-state index in [1.807, 2.05) is 30.3 Å². The second-order valence-electron chi connectivity index (χ2n) is 13.5. The molecule has 0 N–H and O–H groups in total. The van der Waals surface area contributed by atoms with Crippen LogP contribution in [-0.2, 0) is 19.3 Å². The molecule has 8 rings (SSSR count). The predicted molar refractivity (Wildman–Crippen MR) is 213 cm³/mol. The molecule has 0 aromatic heterocycles. The topological polar surface area (TPSA) is 0 Å². The summed E-state index contributed by atoms with van der Waals surface area (Å²) in [5, 5.41) is 0. The second-order valence-corrected chi connectivity index (χ2v) is 29.3. The van der Waals surface area contributed by atoms with Crippen LogP contribution in [0.3, 0.4) is 0 Å². The van der Waals surface area contributed by atoms with Crippen molar-refractivity contribution in [2.24, 2.45) is 0 Å². The van der Waals surface area contributed by atoms with Crippen molar-refractivity contribution in [2.45, 2.75) is 34.1 Å². The molecule has 0 radical (unpaired) electrons. The second kappa shape index (κ2) is 15.4. The van der Waals surface area contributed by atoms with Crippen LogP contribution in [-0.4, -0.2) is 30.6 Å². The zero-order valence-electron chi connectivity index (χ0n) is 27.5. The Morgan fingerprint density at radius 2 is 0.830 bits per heavy atom. The zero-order chi connectivity index (χ0) is 32.8. The van der Waals surface area contributed by atoms with E-state index in [1.165, 1.54) is 56.2 Å². The van der Waals surface area contributed by atoms with Crippen molar-refractivity contribution in [3.05, 3.63) is 181 Å². The molecule has 0 nitrogen and oxygen atoms in total. The summed E-state index contributed by atoms with van der Waals surface area (Å²) in [5.41, 5.74) is 13.7. The Bertz CT molecular complexity index is 1860. The number of hydrogen-bond acceptors (Lipinski definition) is 0. The Morgan fingerprint density at radius 3 is 1.21 bits per heavy atom. The summed E-state index contributed by atoms with van der Waals surface area (Å²) in [6.07, 6.45) is 10.6. The molecule has 3 aliphatic rings. The third-order valence-electron chi connectivity index (χ3n) is 9.24. The van der Waals surface area contributed by atoms with Crippen LogP contribution in [0.15, 0.2) is 148 Å². The van der Waals surface area contributed by atoms with Crippen LogP contribution in [0.1, 0.15) is 33.4 Å². The molecule has 0 bridgehead atoms. The number of allylic oxidation sites excluding steroid dienone is 3. The Kier molecular flexibility index (Phi) is 11.0. The van der Waals surface area contributed by atoms with Crippen LogP contribution in [0.5, 0.6) is 0 Å². The van der Waals surface area contributed by atoms with Crippen molar-refractivity contribution in [2.75, 3.05) is 0 Å². The predicted octanol–water partition coefficient (Wildman–Crippen LogP) is 10.1. The standard InChI is InChI=1S/C24H19B.C9H7.C6H5BCl2.3CH3.Sn/c1-2-12-22(13-3-1)25(23-14-18-8-4-5-9-19(18)15-23)24-16-20-10-6-7-11-21(20)17-24;1-2-5-9-7-3-6-8(9)4-1;8-7(9)6-4-2-1-3-5-6;;;;/h1-14,16H,15,17H2;1-2,4-6H,7H2;1-5H;3*1H3;. The number of rotatable bonds is 5. The van der Waals surface area contributed by atoms with Crippen molar-refractivity contribution in [1.82, 2.24) is 0 Å². The molecule has 47 heavy (non-hydrogen) atoms. The molecular weight excluding hydrogens is 716 g/mol. The summed E-state index contributed by atoms with van der Waals surface area (Å²) in [7, 11) is 0. The molecular formula is C42H40B2Cl2Sn. The van der Waals surface area contributed by atoms with Gasteiger partial charge in [-0.25, -0.2) is 0 Å². The van der Waals surface area contributed by atoms with E-state index < -0.39 is 23.9 Å². The molecule has 0 aliphatic heterocycles. The molecule has 0 heterocycles. The van der Waals surface area contributed by atoms with E-state index in [9.17, 15) is 0 Å². The molecule has 3 aliphatic carbocycles. The fraction of sp³-hybridized carbons (Fsp3) is 0.143. The van der Waals surface area contributed by atoms with Crippen LogP contribution < -0.4 is 10.9 Å². The summed E-state index contributed by atoms with van der Waals surface area (Å²) in [5.74, 6) is 0. The van der Waals surface area contributed by atoms with Gasteiger partial charge in [0.15, 0.2) is 0 Å². The van der Waals surface area contributed by atoms with Crippen molar-refractivity contribution in [1.29, 1.82) is 0 Å². The normalized spacial score (nSPS) is 13.8. The first kappa shape index (κ1) is 33.7. The van der Waals surface area contributed by atoms with Gasteiger partial charge in [0.25, 0.3) is 0 Å². The maximum absolute atomic E-state index is 5.57. The molecule has 5 aromatic rings. The molecule has 0 amide bonds. The van der Waals surface area contributed by atoms with Gasteiger partial charge in [-0.15, -0.1) is 0 Å². The monoisotopic (exact) mass is 756 g/mol. The van der Waals surface area contributed by atoms with Gasteiger partial charge in [0, 0.05) is 0 Å². The van der Waals surface area contributed by atoms with Gasteiger partial charge in [-0.05, 0) is 40.6 Å². The van der Waals surface area contributed by atoms with Gasteiger partial charge in [-0.3, -0.25) is 0 Å². The van der Waals surface area contributed by atoms with Gasteiger partial charge in [-0.2, -0.15) is 22.9 Å². The van der Waals surface area contributed by atoms with Gasteiger partial charge in [0.2, 0.25) is 6.71 Å². The van der Waals surface area contributed by atoms with E-state index in [-0.39, 0.29) is 0 Å². The quantitative estimate of drug-likeness (QED) is 0.157. The fourth-order valence-electron chi connectivity index (χ4n) is 6.66. The number of hydrogen-bond donors (Lipinski definition) is 0. The molecule has 0 unspecified atom stereocenters. The SMILES string of the molecule is C1=C(B(C2=Cc3ccccc3C2)c2ccccc2)Cc2ccccc21.ClB(Cl)c1ccccc1.[CH3][Sn]([CH3])([CH3])[C]1=Cc2ccccc2C1. The summed E-state index contributed by atoms with van der Waals surface area (Å²) in [6, 6.07) is 46.9. The average Bonchev–Trinajstić information content (AvgIpc) is 3.83. The first-order chi connectivity index (χ1) is 22.8. The Hall–Kier alpha value is -3.17. The van der Waals surface area contributed by atoms with Gasteiger partial charge < -0.3 is 0 Å². The molecule has 232 valence electrons. The van der Waals surface area contributed by atoms with Crippen molar-refractivity contribution in [3.63, 3.8) is 0 Å². The van der Waals surface area contributed by atoms with Gasteiger partial charge in [-0.1, -0.05) is 138 Å². The summed E-state index contributed by atoms with van der Waals surface area (Å²) >= 11 is 9.37. The Balaban J connectivity index is 0.000000146. The first-order valence-corrected chi connectivity index (χ1v) is 27.4. The van der Waals surface area contributed by atoms with Crippen molar-refractivity contribution in [3.8, 4) is 0 Å². The first-order valence-electron chi connectivity index (χ1n) is 16.5. The van der Waals surface area contributed by atoms with Gasteiger partial charge in [0.05, 0.1) is 0 Å². The van der Waals surface area contributed by atoms with Crippen LogP contribution in [0.2, 0.25) is 14.8 Å². The molecule has 0 saturated heterocycles. The molecule has 5 heteroatoms. The summed E-state index contributed by atoms with van der Waals surface area (Å²) < 4.78 is 1.76. The third kappa shape index (κ3) is 8.47. The zero-order valence-corrected chi connectivity index (χ0v) is 31.8. The van der Waals surface area contributed by atoms with E-state index in [4.69, 9.17) is 22.9 Å². The van der Waals surface area contributed by atoms with E-state index in [1.54, 1.807) is 3.59 Å². The van der Waals surface area contributed by atoms with Crippen molar-refractivity contribution >= 4 is 82.7 Å². The van der Waals surface area contributed by atoms with Gasteiger partial charge in [0.1, 0.15) is 0 Å². The van der Waals surface area contributed by atoms with Crippen molar-refractivity contribution < 1.29 is 0 Å². The van der Waals surface area contributed by atoms with E-state index in [0.717, 1.165) is 18.3 Å². The van der Waals surface area contributed by atoms with Gasteiger partial charge >= 0.3 is 90.2 Å². The number of fused-ring (bicyclic) bond motifs is 3. The van der Waals surface area contributed by atoms with Crippen LogP contribution in [0.4, 0.5) is 0 Å². The maximum atomic E-state index is 5.57. The Labute approximate surface area is 296 Å². The van der Waals surface area contributed by atoms with Crippen LogP contribution in [0, 0.1) is 0 Å². The minimum absolute atomic E-state index is 0.376. The number of halogens is 2. The number of benzene rings is 5. The average molecular weight is 756 g/mol. The van der Waals surface area contributed by atoms with Crippen LogP contribution in [0.25, 0.3) is 18.2 Å². The minimum atomic E-state index is -1.77. The summed E-state index contributed by atoms with van der Waals surface area (Å²) in [4.78, 5) is 7.48. The van der Waals surface area contributed by atoms with E-state index in [2.05, 4.69) is 136 Å². The summed E-state index contributed by atoms with van der Waals surface area (Å²) in [6.45, 7) is 0.376. The molecule has 0 atom stereocenters. The van der Waals surface area contributed by atoms with E-state index in [0.29, 0.717) is 6.71 Å². The fourth-order valence-corrected chi connectivity index (χ4v) is 10.7. The molecule has 0 saturated carbocycles. The van der Waals surface area contributed by atoms with E-state index >= 15 is 0 Å². The molecule has 0 fully saturated rings. The molecule has 5 aromatic carbocycles.